The lowest BCUT2D eigenvalue weighted by molar-refractivity contribution is 0.0635. The normalized spacial score (nSPS) is 11.8. The number of anilines is 3. The SMILES string of the molecule is COc1cccc(NC(=O)NC(CCN(C)C)c2ccc(C(=O)Nc3ccccc3NC(=O)OC(C)(C)C)cn2)c1. The van der Waals surface area contributed by atoms with Crippen molar-refractivity contribution in [1.82, 2.24) is 15.2 Å². The molecule has 3 rings (SSSR count). The molecule has 218 valence electrons. The summed E-state index contributed by atoms with van der Waals surface area (Å²) in [6.07, 6.45) is 1.43. The molecule has 0 bridgehead atoms. The van der Waals surface area contributed by atoms with E-state index >= 15 is 0 Å². The van der Waals surface area contributed by atoms with E-state index < -0.39 is 23.6 Å². The molecule has 11 heteroatoms. The standard InChI is InChI=1S/C30H38N6O5/c1-30(2,3)41-29(39)35-25-13-8-7-12-24(25)33-27(37)20-14-15-23(31-19-20)26(16-17-36(4)5)34-28(38)32-21-10-9-11-22(18-21)40-6/h7-15,18-19,26H,16-17H2,1-6H3,(H,33,37)(H,35,39)(H2,32,34,38). The molecule has 0 fully saturated rings. The molecule has 0 saturated carbocycles. The van der Waals surface area contributed by atoms with E-state index in [1.165, 1.54) is 6.20 Å². The maximum atomic E-state index is 13.0. The monoisotopic (exact) mass is 562 g/mol. The highest BCUT2D eigenvalue weighted by atomic mass is 16.6. The van der Waals surface area contributed by atoms with E-state index in [1.807, 2.05) is 19.0 Å². The van der Waals surface area contributed by atoms with Crippen molar-refractivity contribution in [3.63, 3.8) is 0 Å². The highest BCUT2D eigenvalue weighted by Gasteiger charge is 2.20. The summed E-state index contributed by atoms with van der Waals surface area (Å²) >= 11 is 0. The molecule has 1 atom stereocenters. The number of nitrogens with zero attached hydrogens (tertiary/aromatic N) is 2. The highest BCUT2D eigenvalue weighted by molar-refractivity contribution is 6.06. The molecule has 41 heavy (non-hydrogen) atoms. The minimum Gasteiger partial charge on any atom is -0.497 e. The summed E-state index contributed by atoms with van der Waals surface area (Å²) in [6.45, 7) is 6.01. The van der Waals surface area contributed by atoms with Gasteiger partial charge in [0.25, 0.3) is 5.91 Å². The van der Waals surface area contributed by atoms with Crippen molar-refractivity contribution in [1.29, 1.82) is 0 Å². The van der Waals surface area contributed by atoms with Gasteiger partial charge >= 0.3 is 12.1 Å². The predicted molar refractivity (Wildman–Crippen MR) is 160 cm³/mol. The van der Waals surface area contributed by atoms with Gasteiger partial charge in [-0.05, 0) is 84.2 Å². The number of amides is 4. The van der Waals surface area contributed by atoms with Crippen molar-refractivity contribution >= 4 is 35.1 Å². The summed E-state index contributed by atoms with van der Waals surface area (Å²) in [6, 6.07) is 16.5. The number of para-hydroxylation sites is 2. The fourth-order valence-corrected chi connectivity index (χ4v) is 3.76. The smallest absolute Gasteiger partial charge is 0.412 e. The Balaban J connectivity index is 1.70. The molecule has 1 heterocycles. The fraction of sp³-hybridized carbons (Fsp3) is 0.333. The summed E-state index contributed by atoms with van der Waals surface area (Å²) < 4.78 is 10.5. The summed E-state index contributed by atoms with van der Waals surface area (Å²) in [5.74, 6) is 0.224. The molecule has 0 spiro atoms. The first kappa shape index (κ1) is 30.9. The lowest BCUT2D eigenvalue weighted by Gasteiger charge is -2.21. The van der Waals surface area contributed by atoms with Gasteiger partial charge in [0, 0.05) is 18.0 Å². The Morgan fingerprint density at radius 3 is 2.24 bits per heavy atom. The molecule has 2 aromatic carbocycles. The van der Waals surface area contributed by atoms with Gasteiger partial charge in [-0.25, -0.2) is 9.59 Å². The van der Waals surface area contributed by atoms with Crippen LogP contribution in [0.25, 0.3) is 0 Å². The van der Waals surface area contributed by atoms with Gasteiger partial charge in [-0.3, -0.25) is 15.1 Å². The topological polar surface area (TPSA) is 134 Å². The maximum Gasteiger partial charge on any atom is 0.412 e. The van der Waals surface area contributed by atoms with E-state index in [0.29, 0.717) is 47.0 Å². The molecule has 0 radical (unpaired) electrons. The van der Waals surface area contributed by atoms with Gasteiger partial charge in [0.05, 0.1) is 35.8 Å². The van der Waals surface area contributed by atoms with Crippen molar-refractivity contribution in [2.75, 3.05) is 43.7 Å². The summed E-state index contributed by atoms with van der Waals surface area (Å²) in [5.41, 5.74) is 1.66. The van der Waals surface area contributed by atoms with E-state index in [2.05, 4.69) is 26.3 Å². The van der Waals surface area contributed by atoms with Crippen molar-refractivity contribution in [3.05, 3.63) is 78.1 Å². The third kappa shape index (κ3) is 10.1. The zero-order valence-electron chi connectivity index (χ0n) is 24.3. The van der Waals surface area contributed by atoms with Gasteiger partial charge in [-0.2, -0.15) is 0 Å². The number of nitrogens with one attached hydrogen (secondary N) is 4. The minimum absolute atomic E-state index is 0.313. The Morgan fingerprint density at radius 2 is 1.63 bits per heavy atom. The van der Waals surface area contributed by atoms with Crippen molar-refractivity contribution in [3.8, 4) is 5.75 Å². The van der Waals surface area contributed by atoms with Crippen LogP contribution in [0, 0.1) is 0 Å². The van der Waals surface area contributed by atoms with Crippen LogP contribution in [0.3, 0.4) is 0 Å². The van der Waals surface area contributed by atoms with Crippen molar-refractivity contribution in [2.45, 2.75) is 38.8 Å². The number of methoxy groups -OCH3 is 1. The second-order valence-electron chi connectivity index (χ2n) is 10.6. The molecule has 0 saturated heterocycles. The average Bonchev–Trinajstić information content (AvgIpc) is 2.91. The number of hydrogen-bond acceptors (Lipinski definition) is 7. The van der Waals surface area contributed by atoms with Crippen LogP contribution in [0.1, 0.15) is 49.3 Å². The first-order valence-electron chi connectivity index (χ1n) is 13.2. The number of ether oxygens (including phenoxy) is 2. The van der Waals surface area contributed by atoms with Crippen LogP contribution in [0.15, 0.2) is 66.9 Å². The van der Waals surface area contributed by atoms with Crippen LogP contribution < -0.4 is 26.0 Å². The Kier molecular flexibility index (Phi) is 10.6. The zero-order chi connectivity index (χ0) is 30.0. The zero-order valence-corrected chi connectivity index (χ0v) is 24.3. The lowest BCUT2D eigenvalue weighted by Crippen LogP contribution is -2.34. The van der Waals surface area contributed by atoms with Gasteiger partial charge in [-0.15, -0.1) is 0 Å². The van der Waals surface area contributed by atoms with E-state index in [0.717, 1.165) is 0 Å². The summed E-state index contributed by atoms with van der Waals surface area (Å²) in [5, 5.41) is 11.3. The van der Waals surface area contributed by atoms with E-state index in [-0.39, 0.29) is 6.03 Å². The predicted octanol–water partition coefficient (Wildman–Crippen LogP) is 5.50. The van der Waals surface area contributed by atoms with Gasteiger partial charge in [0.1, 0.15) is 11.4 Å². The first-order valence-corrected chi connectivity index (χ1v) is 13.2. The lowest BCUT2D eigenvalue weighted by atomic mass is 10.1. The highest BCUT2D eigenvalue weighted by Crippen LogP contribution is 2.23. The molecule has 1 unspecified atom stereocenters. The number of benzene rings is 2. The Hall–Kier alpha value is -4.64. The number of aromatic nitrogens is 1. The third-order valence-electron chi connectivity index (χ3n) is 5.71. The summed E-state index contributed by atoms with van der Waals surface area (Å²) in [7, 11) is 5.46. The van der Waals surface area contributed by atoms with Crippen LogP contribution in [0.5, 0.6) is 5.75 Å². The van der Waals surface area contributed by atoms with Crippen molar-refractivity contribution < 1.29 is 23.9 Å². The number of hydrogen-bond donors (Lipinski definition) is 4. The Morgan fingerprint density at radius 1 is 0.927 bits per heavy atom. The summed E-state index contributed by atoms with van der Waals surface area (Å²) in [4.78, 5) is 44.6. The third-order valence-corrected chi connectivity index (χ3v) is 5.71. The molecular formula is C30H38N6O5. The second kappa shape index (κ2) is 14.1. The van der Waals surface area contributed by atoms with Gasteiger partial charge in [0.2, 0.25) is 0 Å². The molecule has 0 aliphatic heterocycles. The largest absolute Gasteiger partial charge is 0.497 e. The van der Waals surface area contributed by atoms with Gasteiger partial charge in [0.15, 0.2) is 0 Å². The number of pyridine rings is 1. The fourth-order valence-electron chi connectivity index (χ4n) is 3.76. The van der Waals surface area contributed by atoms with Crippen LogP contribution in [-0.4, -0.2) is 61.3 Å². The maximum absolute atomic E-state index is 13.0. The Bertz CT molecular complexity index is 1340. The van der Waals surface area contributed by atoms with E-state index in [4.69, 9.17) is 9.47 Å². The first-order chi connectivity index (χ1) is 19.4. The molecule has 11 nitrogen and oxygen atoms in total. The number of carbonyl (C=O) groups excluding carboxylic acids is 3. The number of rotatable bonds is 10. The van der Waals surface area contributed by atoms with Crippen LogP contribution >= 0.6 is 0 Å². The molecular weight excluding hydrogens is 524 g/mol. The van der Waals surface area contributed by atoms with Gasteiger partial charge in [-0.1, -0.05) is 18.2 Å². The van der Waals surface area contributed by atoms with E-state index in [1.54, 1.807) is 88.5 Å². The molecule has 1 aromatic heterocycles. The molecule has 4 amide bonds. The number of urea groups is 1. The quantitative estimate of drug-likeness (QED) is 0.256. The minimum atomic E-state index is -0.662. The van der Waals surface area contributed by atoms with Crippen LogP contribution in [-0.2, 0) is 4.74 Å². The molecule has 0 aliphatic rings. The molecule has 4 N–H and O–H groups in total. The van der Waals surface area contributed by atoms with Gasteiger partial charge < -0.3 is 30.3 Å². The van der Waals surface area contributed by atoms with Crippen LogP contribution in [0.2, 0.25) is 0 Å². The average molecular weight is 563 g/mol. The van der Waals surface area contributed by atoms with Crippen LogP contribution in [0.4, 0.5) is 26.7 Å². The second-order valence-corrected chi connectivity index (χ2v) is 10.6. The van der Waals surface area contributed by atoms with E-state index in [9.17, 15) is 14.4 Å². The molecule has 0 aliphatic carbocycles. The Labute approximate surface area is 240 Å². The number of carbonyl (C=O) groups is 3. The van der Waals surface area contributed by atoms with Crippen molar-refractivity contribution in [2.24, 2.45) is 0 Å². The molecule has 3 aromatic rings.